The summed E-state index contributed by atoms with van der Waals surface area (Å²) in [6.45, 7) is 8.65. The van der Waals surface area contributed by atoms with Gasteiger partial charge in [0.2, 0.25) is 5.91 Å². The highest BCUT2D eigenvalue weighted by molar-refractivity contribution is 5.76. The Bertz CT molecular complexity index is 694. The lowest BCUT2D eigenvalue weighted by Gasteiger charge is -2.16. The van der Waals surface area contributed by atoms with Gasteiger partial charge in [-0.15, -0.1) is 0 Å². The van der Waals surface area contributed by atoms with Crippen LogP contribution in [0.15, 0.2) is 42.5 Å². The van der Waals surface area contributed by atoms with Gasteiger partial charge in [0.15, 0.2) is 0 Å². The lowest BCUT2D eigenvalue weighted by Crippen LogP contribution is -2.36. The molecule has 0 saturated carbocycles. The molecule has 1 N–H and O–H groups in total. The van der Waals surface area contributed by atoms with Gasteiger partial charge in [0.1, 0.15) is 12.4 Å². The molecule has 3 nitrogen and oxygen atoms in total. The highest BCUT2D eigenvalue weighted by atomic mass is 16.5. The Balaban J connectivity index is 1.75. The SMILES string of the molecule is Cc1ccc(CCC(=O)N[C@H](C)COc2ccccc2C)cc1C. The number of nitrogens with one attached hydrogen (secondary N) is 1. The molecular formula is C21H27NO2. The number of carbonyl (C=O) groups is 1. The van der Waals surface area contributed by atoms with Crippen LogP contribution in [-0.4, -0.2) is 18.6 Å². The van der Waals surface area contributed by atoms with E-state index >= 15 is 0 Å². The van der Waals surface area contributed by atoms with E-state index in [2.05, 4.69) is 37.4 Å². The standard InChI is InChI=1S/C21H27NO2/c1-15-9-10-19(13-17(15)3)11-12-21(23)22-18(4)14-24-20-8-6-5-7-16(20)2/h5-10,13,18H,11-12,14H2,1-4H3,(H,22,23)/t18-/m1/s1. The molecule has 128 valence electrons. The molecule has 0 fully saturated rings. The number of aryl methyl sites for hydroxylation is 4. The highest BCUT2D eigenvalue weighted by Gasteiger charge is 2.09. The van der Waals surface area contributed by atoms with Gasteiger partial charge >= 0.3 is 0 Å². The Labute approximate surface area is 145 Å². The first-order valence-corrected chi connectivity index (χ1v) is 8.49. The highest BCUT2D eigenvalue weighted by Crippen LogP contribution is 2.16. The van der Waals surface area contributed by atoms with Crippen molar-refractivity contribution in [2.75, 3.05) is 6.61 Å². The third-order valence-corrected chi connectivity index (χ3v) is 4.20. The summed E-state index contributed by atoms with van der Waals surface area (Å²) < 4.78 is 5.78. The predicted molar refractivity (Wildman–Crippen MR) is 98.5 cm³/mol. The van der Waals surface area contributed by atoms with E-state index in [0.29, 0.717) is 13.0 Å². The van der Waals surface area contributed by atoms with Crippen LogP contribution in [0, 0.1) is 20.8 Å². The van der Waals surface area contributed by atoms with Crippen LogP contribution >= 0.6 is 0 Å². The van der Waals surface area contributed by atoms with Crippen molar-refractivity contribution < 1.29 is 9.53 Å². The molecular weight excluding hydrogens is 298 g/mol. The first-order valence-electron chi connectivity index (χ1n) is 8.49. The van der Waals surface area contributed by atoms with E-state index in [9.17, 15) is 4.79 Å². The minimum Gasteiger partial charge on any atom is -0.491 e. The lowest BCUT2D eigenvalue weighted by molar-refractivity contribution is -0.121. The average Bonchev–Trinajstić information content (AvgIpc) is 2.55. The zero-order valence-corrected chi connectivity index (χ0v) is 15.1. The molecule has 0 radical (unpaired) electrons. The van der Waals surface area contributed by atoms with Crippen molar-refractivity contribution in [1.82, 2.24) is 5.32 Å². The summed E-state index contributed by atoms with van der Waals surface area (Å²) in [7, 11) is 0. The number of para-hydroxylation sites is 1. The third-order valence-electron chi connectivity index (χ3n) is 4.20. The Morgan fingerprint density at radius 1 is 1.04 bits per heavy atom. The van der Waals surface area contributed by atoms with Gasteiger partial charge in [0.25, 0.3) is 0 Å². The maximum absolute atomic E-state index is 12.1. The Kier molecular flexibility index (Phi) is 6.42. The molecule has 0 aliphatic heterocycles. The maximum Gasteiger partial charge on any atom is 0.220 e. The minimum absolute atomic E-state index is 0.0168. The van der Waals surface area contributed by atoms with Crippen molar-refractivity contribution in [3.63, 3.8) is 0 Å². The van der Waals surface area contributed by atoms with E-state index in [1.165, 1.54) is 16.7 Å². The van der Waals surface area contributed by atoms with Gasteiger partial charge in [-0.3, -0.25) is 4.79 Å². The van der Waals surface area contributed by atoms with Crippen molar-refractivity contribution in [2.24, 2.45) is 0 Å². The zero-order chi connectivity index (χ0) is 17.5. The minimum atomic E-state index is -0.0168. The van der Waals surface area contributed by atoms with Crippen LogP contribution in [-0.2, 0) is 11.2 Å². The number of hydrogen-bond acceptors (Lipinski definition) is 2. The van der Waals surface area contributed by atoms with Gasteiger partial charge in [-0.2, -0.15) is 0 Å². The van der Waals surface area contributed by atoms with E-state index in [1.54, 1.807) is 0 Å². The molecule has 0 unspecified atom stereocenters. The fourth-order valence-corrected chi connectivity index (χ4v) is 2.54. The molecule has 1 atom stereocenters. The number of ether oxygens (including phenoxy) is 1. The summed E-state index contributed by atoms with van der Waals surface area (Å²) in [4.78, 5) is 12.1. The van der Waals surface area contributed by atoms with Gasteiger partial charge in [-0.1, -0.05) is 36.4 Å². The van der Waals surface area contributed by atoms with Crippen molar-refractivity contribution in [3.05, 3.63) is 64.7 Å². The van der Waals surface area contributed by atoms with Crippen LogP contribution in [0.3, 0.4) is 0 Å². The van der Waals surface area contributed by atoms with Gasteiger partial charge in [-0.05, 0) is 62.4 Å². The van der Waals surface area contributed by atoms with Crippen LogP contribution in [0.2, 0.25) is 0 Å². The molecule has 24 heavy (non-hydrogen) atoms. The molecule has 2 aromatic rings. The van der Waals surface area contributed by atoms with Crippen molar-refractivity contribution in [1.29, 1.82) is 0 Å². The first kappa shape index (κ1) is 18.1. The maximum atomic E-state index is 12.1. The molecule has 0 aromatic heterocycles. The van der Waals surface area contributed by atoms with Gasteiger partial charge in [0, 0.05) is 6.42 Å². The van der Waals surface area contributed by atoms with Crippen LogP contribution in [0.4, 0.5) is 0 Å². The zero-order valence-electron chi connectivity index (χ0n) is 15.1. The Hall–Kier alpha value is -2.29. The smallest absolute Gasteiger partial charge is 0.220 e. The summed E-state index contributed by atoms with van der Waals surface area (Å²) in [6, 6.07) is 14.3. The fraction of sp³-hybridized carbons (Fsp3) is 0.381. The summed E-state index contributed by atoms with van der Waals surface area (Å²) >= 11 is 0. The summed E-state index contributed by atoms with van der Waals surface area (Å²) in [5.74, 6) is 0.933. The predicted octanol–water partition coefficient (Wildman–Crippen LogP) is 4.13. The van der Waals surface area contributed by atoms with Crippen LogP contribution in [0.25, 0.3) is 0 Å². The van der Waals surface area contributed by atoms with Crippen LogP contribution < -0.4 is 10.1 Å². The Morgan fingerprint density at radius 3 is 2.50 bits per heavy atom. The molecule has 1 amide bonds. The summed E-state index contributed by atoms with van der Waals surface area (Å²) in [5.41, 5.74) is 4.86. The van der Waals surface area contributed by atoms with Crippen LogP contribution in [0.5, 0.6) is 5.75 Å². The average molecular weight is 325 g/mol. The van der Waals surface area contributed by atoms with Crippen molar-refractivity contribution in [3.8, 4) is 5.75 Å². The molecule has 3 heteroatoms. The second kappa shape index (κ2) is 8.53. The molecule has 2 rings (SSSR count). The molecule has 0 bridgehead atoms. The molecule has 2 aromatic carbocycles. The summed E-state index contributed by atoms with van der Waals surface area (Å²) in [6.07, 6.45) is 1.26. The van der Waals surface area contributed by atoms with Gasteiger partial charge < -0.3 is 10.1 Å². The van der Waals surface area contributed by atoms with E-state index in [1.807, 2.05) is 38.1 Å². The second-order valence-corrected chi connectivity index (χ2v) is 6.46. The molecule has 0 aliphatic carbocycles. The molecule has 0 heterocycles. The second-order valence-electron chi connectivity index (χ2n) is 6.46. The van der Waals surface area contributed by atoms with Crippen LogP contribution in [0.1, 0.15) is 35.6 Å². The van der Waals surface area contributed by atoms with Crippen molar-refractivity contribution in [2.45, 2.75) is 46.6 Å². The Morgan fingerprint density at radius 2 is 1.79 bits per heavy atom. The number of amides is 1. The van der Waals surface area contributed by atoms with Crippen molar-refractivity contribution >= 4 is 5.91 Å². The van der Waals surface area contributed by atoms with E-state index < -0.39 is 0 Å². The van der Waals surface area contributed by atoms with Gasteiger partial charge in [0.05, 0.1) is 6.04 Å². The van der Waals surface area contributed by atoms with E-state index in [0.717, 1.165) is 17.7 Å². The van der Waals surface area contributed by atoms with E-state index in [4.69, 9.17) is 4.74 Å². The molecule has 0 aliphatic rings. The number of benzene rings is 2. The van der Waals surface area contributed by atoms with Gasteiger partial charge in [-0.25, -0.2) is 0 Å². The third kappa shape index (κ3) is 5.41. The largest absolute Gasteiger partial charge is 0.491 e. The lowest BCUT2D eigenvalue weighted by atomic mass is 10.0. The fourth-order valence-electron chi connectivity index (χ4n) is 2.54. The number of rotatable bonds is 7. The normalized spacial score (nSPS) is 11.8. The first-order chi connectivity index (χ1) is 11.5. The number of carbonyl (C=O) groups excluding carboxylic acids is 1. The molecule has 0 spiro atoms. The topological polar surface area (TPSA) is 38.3 Å². The quantitative estimate of drug-likeness (QED) is 0.831. The monoisotopic (exact) mass is 325 g/mol. The molecule has 0 saturated heterocycles. The number of hydrogen-bond donors (Lipinski definition) is 1. The van der Waals surface area contributed by atoms with E-state index in [-0.39, 0.29) is 11.9 Å². The summed E-state index contributed by atoms with van der Waals surface area (Å²) in [5, 5.41) is 3.00.